The zero-order valence-corrected chi connectivity index (χ0v) is 19.1. The molecule has 0 saturated carbocycles. The van der Waals surface area contributed by atoms with Crippen LogP contribution in [0.4, 0.5) is 5.69 Å². The molecule has 1 aromatic heterocycles. The van der Waals surface area contributed by atoms with Gasteiger partial charge in [0.1, 0.15) is 0 Å². The van der Waals surface area contributed by atoms with Crippen LogP contribution in [0, 0.1) is 0 Å². The van der Waals surface area contributed by atoms with Crippen molar-refractivity contribution in [3.8, 4) is 11.3 Å². The molecule has 0 spiro atoms. The van der Waals surface area contributed by atoms with Crippen LogP contribution in [0.3, 0.4) is 0 Å². The number of likely N-dealkylation sites (N-methyl/N-ethyl adjacent to an activating group) is 1. The van der Waals surface area contributed by atoms with Gasteiger partial charge in [-0.3, -0.25) is 4.79 Å². The number of anilines is 1. The monoisotopic (exact) mass is 474 g/mol. The number of aromatic nitrogens is 1. The number of sulfonamides is 1. The third-order valence-electron chi connectivity index (χ3n) is 5.36. The van der Waals surface area contributed by atoms with E-state index >= 15 is 0 Å². The molecule has 1 aliphatic rings. The summed E-state index contributed by atoms with van der Waals surface area (Å²) in [4.78, 5) is 15.0. The molecule has 3 aromatic rings. The fraction of sp³-hybridized carbons (Fsp3) is 0.273. The maximum atomic E-state index is 13.0. The van der Waals surface area contributed by atoms with Gasteiger partial charge >= 0.3 is 0 Å². The first kappa shape index (κ1) is 22.5. The number of amides is 1. The number of carbonyl (C=O) groups excluding carboxylic acids is 1. The van der Waals surface area contributed by atoms with Crippen LogP contribution in [0.25, 0.3) is 11.3 Å². The first-order valence-corrected chi connectivity index (χ1v) is 12.0. The van der Waals surface area contributed by atoms with Crippen LogP contribution in [0.2, 0.25) is 5.02 Å². The highest BCUT2D eigenvalue weighted by Gasteiger charge is 2.28. The van der Waals surface area contributed by atoms with E-state index in [1.807, 2.05) is 0 Å². The molecule has 168 valence electrons. The second-order valence-corrected chi connectivity index (χ2v) is 9.78. The average molecular weight is 475 g/mol. The standard InChI is InChI=1S/C22H23ClN4O4S/c1-2-26-9-11-27(12-10-26)32(29,30)19-8-4-7-18(14-19)24-22(28)20-15-21(31-25-20)16-5-3-6-17(23)13-16/h3-8,13-15H,2,9-12H2,1H3,(H,24,28). The molecule has 32 heavy (non-hydrogen) atoms. The lowest BCUT2D eigenvalue weighted by molar-refractivity contribution is 0.101. The number of piperazine rings is 1. The Morgan fingerprint density at radius 3 is 2.56 bits per heavy atom. The quantitative estimate of drug-likeness (QED) is 0.586. The summed E-state index contributed by atoms with van der Waals surface area (Å²) in [5.74, 6) is -0.103. The summed E-state index contributed by atoms with van der Waals surface area (Å²) >= 11 is 6.00. The molecule has 1 aliphatic heterocycles. The van der Waals surface area contributed by atoms with Crippen molar-refractivity contribution in [2.24, 2.45) is 0 Å². The Balaban J connectivity index is 1.48. The van der Waals surface area contributed by atoms with Gasteiger partial charge in [0.05, 0.1) is 4.90 Å². The summed E-state index contributed by atoms with van der Waals surface area (Å²) in [7, 11) is -3.64. The van der Waals surface area contributed by atoms with Crippen molar-refractivity contribution >= 4 is 33.2 Å². The van der Waals surface area contributed by atoms with Crippen LogP contribution < -0.4 is 5.32 Å². The van der Waals surface area contributed by atoms with Gasteiger partial charge in [0.15, 0.2) is 11.5 Å². The van der Waals surface area contributed by atoms with E-state index in [-0.39, 0.29) is 10.6 Å². The lowest BCUT2D eigenvalue weighted by Gasteiger charge is -2.33. The van der Waals surface area contributed by atoms with E-state index in [9.17, 15) is 13.2 Å². The van der Waals surface area contributed by atoms with Gasteiger partial charge in [0, 0.05) is 48.5 Å². The van der Waals surface area contributed by atoms with Gasteiger partial charge in [-0.25, -0.2) is 8.42 Å². The highest BCUT2D eigenvalue weighted by Crippen LogP contribution is 2.25. The lowest BCUT2D eigenvalue weighted by atomic mass is 10.1. The molecule has 0 aliphatic carbocycles. The summed E-state index contributed by atoms with van der Waals surface area (Å²) in [6, 6.07) is 14.7. The van der Waals surface area contributed by atoms with E-state index in [0.29, 0.717) is 48.2 Å². The van der Waals surface area contributed by atoms with Crippen molar-refractivity contribution in [1.29, 1.82) is 0 Å². The Bertz CT molecular complexity index is 1220. The van der Waals surface area contributed by atoms with Gasteiger partial charge < -0.3 is 14.7 Å². The fourth-order valence-electron chi connectivity index (χ4n) is 3.52. The Labute approximate surface area is 191 Å². The fourth-order valence-corrected chi connectivity index (χ4v) is 5.18. The summed E-state index contributed by atoms with van der Waals surface area (Å²) in [5, 5.41) is 7.04. The predicted molar refractivity (Wildman–Crippen MR) is 122 cm³/mol. The summed E-state index contributed by atoms with van der Waals surface area (Å²) < 4.78 is 32.8. The molecule has 0 bridgehead atoms. The zero-order chi connectivity index (χ0) is 22.7. The number of rotatable bonds is 6. The van der Waals surface area contributed by atoms with Crippen molar-refractivity contribution in [3.05, 3.63) is 65.3 Å². The van der Waals surface area contributed by atoms with Gasteiger partial charge in [-0.05, 0) is 36.9 Å². The van der Waals surface area contributed by atoms with Crippen LogP contribution in [0.15, 0.2) is 64.0 Å². The molecular formula is C22H23ClN4O4S. The minimum absolute atomic E-state index is 0.0731. The zero-order valence-electron chi connectivity index (χ0n) is 17.5. The van der Waals surface area contributed by atoms with Gasteiger partial charge in [0.2, 0.25) is 10.0 Å². The number of nitrogens with zero attached hydrogens (tertiary/aromatic N) is 3. The minimum Gasteiger partial charge on any atom is -0.355 e. The van der Waals surface area contributed by atoms with Crippen LogP contribution >= 0.6 is 11.6 Å². The molecule has 0 atom stereocenters. The van der Waals surface area contributed by atoms with E-state index in [2.05, 4.69) is 22.3 Å². The topological polar surface area (TPSA) is 95.8 Å². The van der Waals surface area contributed by atoms with Gasteiger partial charge in [-0.15, -0.1) is 0 Å². The minimum atomic E-state index is -3.64. The molecule has 1 fully saturated rings. The van der Waals surface area contributed by atoms with E-state index in [0.717, 1.165) is 6.54 Å². The highest BCUT2D eigenvalue weighted by molar-refractivity contribution is 7.89. The first-order valence-electron chi connectivity index (χ1n) is 10.2. The molecule has 1 saturated heterocycles. The Hall–Kier alpha value is -2.72. The summed E-state index contributed by atoms with van der Waals surface area (Å²) in [5.41, 5.74) is 1.12. The smallest absolute Gasteiger partial charge is 0.277 e. The number of hydrogen-bond donors (Lipinski definition) is 1. The highest BCUT2D eigenvalue weighted by atomic mass is 35.5. The number of hydrogen-bond acceptors (Lipinski definition) is 6. The van der Waals surface area contributed by atoms with Crippen LogP contribution in [0.5, 0.6) is 0 Å². The van der Waals surface area contributed by atoms with Crippen LogP contribution in [0.1, 0.15) is 17.4 Å². The molecule has 2 aromatic carbocycles. The van der Waals surface area contributed by atoms with Crippen LogP contribution in [-0.4, -0.2) is 61.4 Å². The van der Waals surface area contributed by atoms with Gasteiger partial charge in [-0.1, -0.05) is 41.9 Å². The Morgan fingerprint density at radius 1 is 1.09 bits per heavy atom. The second kappa shape index (κ2) is 9.41. The molecule has 2 heterocycles. The van der Waals surface area contributed by atoms with Crippen molar-refractivity contribution in [1.82, 2.24) is 14.4 Å². The van der Waals surface area contributed by atoms with E-state index < -0.39 is 15.9 Å². The van der Waals surface area contributed by atoms with Gasteiger partial charge in [0.25, 0.3) is 5.91 Å². The molecule has 4 rings (SSSR count). The number of benzene rings is 2. The van der Waals surface area contributed by atoms with Crippen molar-refractivity contribution in [3.63, 3.8) is 0 Å². The molecule has 1 amide bonds. The SMILES string of the molecule is CCN1CCN(S(=O)(=O)c2cccc(NC(=O)c3cc(-c4cccc(Cl)c4)on3)c2)CC1. The third kappa shape index (κ3) is 4.86. The van der Waals surface area contributed by atoms with Crippen molar-refractivity contribution in [2.45, 2.75) is 11.8 Å². The van der Waals surface area contributed by atoms with E-state index in [1.165, 1.54) is 22.5 Å². The normalized spacial score (nSPS) is 15.6. The van der Waals surface area contributed by atoms with Crippen molar-refractivity contribution < 1.29 is 17.7 Å². The van der Waals surface area contributed by atoms with Crippen molar-refractivity contribution in [2.75, 3.05) is 38.0 Å². The molecular weight excluding hydrogens is 452 g/mol. The maximum Gasteiger partial charge on any atom is 0.277 e. The summed E-state index contributed by atoms with van der Waals surface area (Å²) in [6.45, 7) is 5.25. The van der Waals surface area contributed by atoms with E-state index in [4.69, 9.17) is 16.1 Å². The van der Waals surface area contributed by atoms with Gasteiger partial charge in [-0.2, -0.15) is 4.31 Å². The summed E-state index contributed by atoms with van der Waals surface area (Å²) in [6.07, 6.45) is 0. The lowest BCUT2D eigenvalue weighted by Crippen LogP contribution is -2.48. The van der Waals surface area contributed by atoms with Crippen LogP contribution in [-0.2, 0) is 10.0 Å². The Kier molecular flexibility index (Phi) is 6.61. The molecule has 0 unspecified atom stereocenters. The molecule has 8 nitrogen and oxygen atoms in total. The first-order chi connectivity index (χ1) is 15.4. The maximum absolute atomic E-state index is 13.0. The molecule has 10 heteroatoms. The molecule has 1 N–H and O–H groups in total. The second-order valence-electron chi connectivity index (χ2n) is 7.41. The largest absolute Gasteiger partial charge is 0.355 e. The average Bonchev–Trinajstić information content (AvgIpc) is 3.30. The third-order valence-corrected chi connectivity index (χ3v) is 7.49. The Morgan fingerprint density at radius 2 is 1.84 bits per heavy atom. The number of halogens is 1. The number of nitrogens with one attached hydrogen (secondary N) is 1. The molecule has 0 radical (unpaired) electrons. The van der Waals surface area contributed by atoms with E-state index in [1.54, 1.807) is 36.4 Å². The predicted octanol–water partition coefficient (Wildman–Crippen LogP) is 3.57. The number of carbonyl (C=O) groups is 1.